The van der Waals surface area contributed by atoms with Crippen LogP contribution in [0.4, 0.5) is 4.79 Å². The molecular formula is C10H16N6OS. The van der Waals surface area contributed by atoms with Crippen molar-refractivity contribution in [3.8, 4) is 0 Å². The van der Waals surface area contributed by atoms with E-state index in [1.165, 1.54) is 11.3 Å². The van der Waals surface area contributed by atoms with Crippen LogP contribution in [0.3, 0.4) is 0 Å². The van der Waals surface area contributed by atoms with Gasteiger partial charge < -0.3 is 10.2 Å². The maximum absolute atomic E-state index is 11.7. The quantitative estimate of drug-likeness (QED) is 0.869. The molecule has 2 aromatic heterocycles. The Morgan fingerprint density at radius 3 is 2.94 bits per heavy atom. The molecule has 2 heterocycles. The number of carbonyl (C=O) groups is 1. The van der Waals surface area contributed by atoms with E-state index >= 15 is 0 Å². The van der Waals surface area contributed by atoms with Gasteiger partial charge in [0, 0.05) is 26.1 Å². The summed E-state index contributed by atoms with van der Waals surface area (Å²) >= 11 is 1.49. The van der Waals surface area contributed by atoms with Crippen LogP contribution in [0.15, 0.2) is 6.33 Å². The second kappa shape index (κ2) is 5.76. The highest BCUT2D eigenvalue weighted by molar-refractivity contribution is 7.16. The third kappa shape index (κ3) is 2.76. The molecule has 0 unspecified atom stereocenters. The molecule has 0 aliphatic carbocycles. The SMILES string of the molecule is CCN(CC)C(=O)NCCc1nn2cnnc2s1. The average molecular weight is 268 g/mol. The molecule has 2 rings (SSSR count). The van der Waals surface area contributed by atoms with Gasteiger partial charge in [0.25, 0.3) is 0 Å². The van der Waals surface area contributed by atoms with Crippen LogP contribution in [0.5, 0.6) is 0 Å². The fraction of sp³-hybridized carbons (Fsp3) is 0.600. The molecule has 0 aromatic carbocycles. The Bertz CT molecular complexity index is 489. The van der Waals surface area contributed by atoms with Crippen molar-refractivity contribution in [2.75, 3.05) is 19.6 Å². The molecule has 18 heavy (non-hydrogen) atoms. The standard InChI is InChI=1S/C10H16N6OS/c1-3-15(4-2)9(17)11-6-5-8-14-16-7-12-13-10(16)18-8/h7H,3-6H2,1-2H3,(H,11,17). The third-order valence-corrected chi connectivity index (χ3v) is 3.57. The molecule has 0 aliphatic heterocycles. The van der Waals surface area contributed by atoms with Crippen LogP contribution in [0.25, 0.3) is 4.96 Å². The Morgan fingerprint density at radius 1 is 1.50 bits per heavy atom. The molecule has 0 saturated carbocycles. The summed E-state index contributed by atoms with van der Waals surface area (Å²) in [5.74, 6) is 0. The predicted molar refractivity (Wildman–Crippen MR) is 68.7 cm³/mol. The summed E-state index contributed by atoms with van der Waals surface area (Å²) < 4.78 is 1.65. The number of hydrogen-bond donors (Lipinski definition) is 1. The van der Waals surface area contributed by atoms with Crippen LogP contribution in [0, 0.1) is 0 Å². The van der Waals surface area contributed by atoms with Gasteiger partial charge in [-0.1, -0.05) is 11.3 Å². The highest BCUT2D eigenvalue weighted by Gasteiger charge is 2.09. The van der Waals surface area contributed by atoms with Gasteiger partial charge in [-0.2, -0.15) is 9.61 Å². The number of hydrogen-bond acceptors (Lipinski definition) is 5. The van der Waals surface area contributed by atoms with Crippen LogP contribution in [-0.4, -0.2) is 50.4 Å². The lowest BCUT2D eigenvalue weighted by molar-refractivity contribution is 0.203. The number of nitrogens with zero attached hydrogens (tertiary/aromatic N) is 5. The fourth-order valence-corrected chi connectivity index (χ4v) is 2.41. The van der Waals surface area contributed by atoms with Crippen LogP contribution < -0.4 is 5.32 Å². The Morgan fingerprint density at radius 2 is 2.28 bits per heavy atom. The summed E-state index contributed by atoms with van der Waals surface area (Å²) in [5.41, 5.74) is 0. The molecule has 1 N–H and O–H groups in total. The molecule has 0 spiro atoms. The van der Waals surface area contributed by atoms with Crippen LogP contribution >= 0.6 is 11.3 Å². The van der Waals surface area contributed by atoms with Crippen LogP contribution in [0.1, 0.15) is 18.9 Å². The highest BCUT2D eigenvalue weighted by Crippen LogP contribution is 2.11. The van der Waals surface area contributed by atoms with Crippen molar-refractivity contribution in [3.63, 3.8) is 0 Å². The maximum Gasteiger partial charge on any atom is 0.317 e. The van der Waals surface area contributed by atoms with E-state index in [4.69, 9.17) is 0 Å². The van der Waals surface area contributed by atoms with Crippen LogP contribution in [0.2, 0.25) is 0 Å². The minimum absolute atomic E-state index is 0.0250. The van der Waals surface area contributed by atoms with E-state index in [2.05, 4.69) is 20.6 Å². The van der Waals surface area contributed by atoms with Crippen molar-refractivity contribution in [2.45, 2.75) is 20.3 Å². The van der Waals surface area contributed by atoms with Gasteiger partial charge in [-0.3, -0.25) is 0 Å². The van der Waals surface area contributed by atoms with Crippen LogP contribution in [-0.2, 0) is 6.42 Å². The first kappa shape index (κ1) is 12.7. The Balaban J connectivity index is 1.81. The minimum atomic E-state index is -0.0250. The molecule has 0 aliphatic rings. The number of amides is 2. The number of rotatable bonds is 5. The number of fused-ring (bicyclic) bond motifs is 1. The second-order valence-electron chi connectivity index (χ2n) is 3.71. The van der Waals surface area contributed by atoms with E-state index < -0.39 is 0 Å². The normalized spacial score (nSPS) is 10.8. The summed E-state index contributed by atoms with van der Waals surface area (Å²) in [4.78, 5) is 14.2. The van der Waals surface area contributed by atoms with Gasteiger partial charge in [-0.05, 0) is 13.8 Å². The van der Waals surface area contributed by atoms with Crippen molar-refractivity contribution in [1.29, 1.82) is 0 Å². The lowest BCUT2D eigenvalue weighted by atomic mass is 10.4. The molecule has 0 bridgehead atoms. The van der Waals surface area contributed by atoms with Crippen molar-refractivity contribution in [2.24, 2.45) is 0 Å². The largest absolute Gasteiger partial charge is 0.338 e. The predicted octanol–water partition coefficient (Wildman–Crippen LogP) is 0.780. The van der Waals surface area contributed by atoms with Gasteiger partial charge in [0.2, 0.25) is 4.96 Å². The summed E-state index contributed by atoms with van der Waals surface area (Å²) in [6.07, 6.45) is 2.28. The molecular weight excluding hydrogens is 252 g/mol. The lowest BCUT2D eigenvalue weighted by Crippen LogP contribution is -2.40. The first-order chi connectivity index (χ1) is 8.74. The highest BCUT2D eigenvalue weighted by atomic mass is 32.1. The van der Waals surface area contributed by atoms with E-state index in [1.807, 2.05) is 13.8 Å². The summed E-state index contributed by atoms with van der Waals surface area (Å²) in [6.45, 7) is 5.95. The first-order valence-electron chi connectivity index (χ1n) is 5.93. The third-order valence-electron chi connectivity index (χ3n) is 2.59. The Kier molecular flexibility index (Phi) is 4.08. The van der Waals surface area contributed by atoms with Crippen molar-refractivity contribution >= 4 is 22.3 Å². The molecule has 98 valence electrons. The summed E-state index contributed by atoms with van der Waals surface area (Å²) in [6, 6.07) is -0.0250. The Hall–Kier alpha value is -1.70. The zero-order chi connectivity index (χ0) is 13.0. The number of nitrogens with one attached hydrogen (secondary N) is 1. The van der Waals surface area contributed by atoms with E-state index in [9.17, 15) is 4.79 Å². The zero-order valence-corrected chi connectivity index (χ0v) is 11.3. The molecule has 7 nitrogen and oxygen atoms in total. The minimum Gasteiger partial charge on any atom is -0.338 e. The number of aromatic nitrogens is 4. The molecule has 0 fully saturated rings. The maximum atomic E-state index is 11.7. The fourth-order valence-electron chi connectivity index (χ4n) is 1.60. The van der Waals surface area contributed by atoms with Gasteiger partial charge in [0.15, 0.2) is 0 Å². The van der Waals surface area contributed by atoms with E-state index in [1.54, 1.807) is 15.7 Å². The van der Waals surface area contributed by atoms with Gasteiger partial charge >= 0.3 is 6.03 Å². The number of carbonyl (C=O) groups excluding carboxylic acids is 1. The number of urea groups is 1. The van der Waals surface area contributed by atoms with Crippen molar-refractivity contribution < 1.29 is 4.79 Å². The monoisotopic (exact) mass is 268 g/mol. The summed E-state index contributed by atoms with van der Waals surface area (Å²) in [7, 11) is 0. The van der Waals surface area contributed by atoms with Gasteiger partial charge in [-0.25, -0.2) is 4.79 Å². The second-order valence-corrected chi connectivity index (χ2v) is 4.75. The first-order valence-corrected chi connectivity index (χ1v) is 6.74. The smallest absolute Gasteiger partial charge is 0.317 e. The van der Waals surface area contributed by atoms with E-state index in [-0.39, 0.29) is 6.03 Å². The molecule has 0 radical (unpaired) electrons. The van der Waals surface area contributed by atoms with Crippen molar-refractivity contribution in [3.05, 3.63) is 11.3 Å². The molecule has 8 heteroatoms. The van der Waals surface area contributed by atoms with Crippen molar-refractivity contribution in [1.82, 2.24) is 30.0 Å². The topological polar surface area (TPSA) is 75.4 Å². The lowest BCUT2D eigenvalue weighted by Gasteiger charge is -2.18. The van der Waals surface area contributed by atoms with Gasteiger partial charge in [-0.15, -0.1) is 10.2 Å². The molecule has 2 aromatic rings. The molecule has 2 amide bonds. The zero-order valence-electron chi connectivity index (χ0n) is 10.5. The Labute approximate surface area is 109 Å². The summed E-state index contributed by atoms with van der Waals surface area (Å²) in [5, 5.41) is 15.8. The average Bonchev–Trinajstić information content (AvgIpc) is 2.91. The molecule has 0 atom stereocenters. The van der Waals surface area contributed by atoms with E-state index in [0.29, 0.717) is 13.0 Å². The van der Waals surface area contributed by atoms with Gasteiger partial charge in [0.1, 0.15) is 11.3 Å². The molecule has 0 saturated heterocycles. The van der Waals surface area contributed by atoms with Gasteiger partial charge in [0.05, 0.1) is 0 Å². The van der Waals surface area contributed by atoms with E-state index in [0.717, 1.165) is 23.1 Å².